The van der Waals surface area contributed by atoms with Crippen LogP contribution < -0.4 is 0 Å². The average molecular weight is 308 g/mol. The van der Waals surface area contributed by atoms with Crippen molar-refractivity contribution >= 4 is 0 Å². The molecular formula is C17H19F3N2. The van der Waals surface area contributed by atoms with Gasteiger partial charge in [-0.3, -0.25) is 0 Å². The molecule has 0 N–H and O–H groups in total. The second-order valence-corrected chi connectivity index (χ2v) is 5.31. The molecule has 0 aliphatic rings. The number of aromatic nitrogens is 2. The van der Waals surface area contributed by atoms with E-state index in [9.17, 15) is 13.2 Å². The number of benzene rings is 1. The Morgan fingerprint density at radius 1 is 0.955 bits per heavy atom. The van der Waals surface area contributed by atoms with E-state index in [2.05, 4.69) is 29.0 Å². The Kier molecular flexibility index (Phi) is 5.52. The highest BCUT2D eigenvalue weighted by atomic mass is 19.4. The van der Waals surface area contributed by atoms with Crippen molar-refractivity contribution in [2.24, 2.45) is 0 Å². The van der Waals surface area contributed by atoms with Gasteiger partial charge in [-0.05, 0) is 36.8 Å². The first-order chi connectivity index (χ1) is 10.5. The molecule has 0 radical (unpaired) electrons. The minimum Gasteiger partial charge on any atom is -0.245 e. The molecule has 2 rings (SSSR count). The highest BCUT2D eigenvalue weighted by Crippen LogP contribution is 2.30. The number of alkyl halides is 3. The summed E-state index contributed by atoms with van der Waals surface area (Å²) in [6.45, 7) is 2.15. The molecule has 5 heteroatoms. The summed E-state index contributed by atoms with van der Waals surface area (Å²) in [5.41, 5.74) is 1.61. The van der Waals surface area contributed by atoms with Crippen LogP contribution in [0.3, 0.4) is 0 Å². The summed E-state index contributed by atoms with van der Waals surface area (Å²) in [5, 5.41) is 0. The van der Waals surface area contributed by atoms with Crippen molar-refractivity contribution in [2.75, 3.05) is 0 Å². The van der Waals surface area contributed by atoms with Crippen LogP contribution in [0.25, 0.3) is 0 Å². The molecule has 22 heavy (non-hydrogen) atoms. The van der Waals surface area contributed by atoms with Gasteiger partial charge < -0.3 is 0 Å². The van der Waals surface area contributed by atoms with Gasteiger partial charge in [-0.1, -0.05) is 37.6 Å². The standard InChI is InChI=1S/C17H19F3N2/c1-2-3-4-13-5-7-14(8-6-13)9-10-15-11-21-12-22-16(15)17(18,19)20/h5-8,11-12H,2-4,9-10H2,1H3. The second kappa shape index (κ2) is 7.38. The van der Waals surface area contributed by atoms with Crippen LogP contribution in [0.5, 0.6) is 0 Å². The van der Waals surface area contributed by atoms with Gasteiger partial charge in [-0.15, -0.1) is 0 Å². The van der Waals surface area contributed by atoms with Crippen molar-refractivity contribution < 1.29 is 13.2 Å². The van der Waals surface area contributed by atoms with Gasteiger partial charge in [0.15, 0.2) is 5.69 Å². The number of rotatable bonds is 6. The van der Waals surface area contributed by atoms with Crippen molar-refractivity contribution in [3.63, 3.8) is 0 Å². The molecule has 1 aromatic carbocycles. The molecule has 2 nitrogen and oxygen atoms in total. The fraction of sp³-hybridized carbons (Fsp3) is 0.412. The molecule has 0 bridgehead atoms. The quantitative estimate of drug-likeness (QED) is 0.778. The van der Waals surface area contributed by atoms with E-state index < -0.39 is 11.9 Å². The molecule has 0 aliphatic carbocycles. The zero-order chi connectivity index (χ0) is 16.0. The minimum atomic E-state index is -4.43. The van der Waals surface area contributed by atoms with Crippen molar-refractivity contribution in [1.29, 1.82) is 0 Å². The predicted octanol–water partition coefficient (Wildman–Crippen LogP) is 4.62. The van der Waals surface area contributed by atoms with Crippen LogP contribution in [0, 0.1) is 0 Å². The lowest BCUT2D eigenvalue weighted by molar-refractivity contribution is -0.141. The third-order valence-corrected chi connectivity index (χ3v) is 3.58. The zero-order valence-electron chi connectivity index (χ0n) is 12.5. The number of halogens is 3. The van der Waals surface area contributed by atoms with Gasteiger partial charge in [0.2, 0.25) is 0 Å². The van der Waals surface area contributed by atoms with Gasteiger partial charge in [0.1, 0.15) is 6.33 Å². The third-order valence-electron chi connectivity index (χ3n) is 3.58. The van der Waals surface area contributed by atoms with E-state index >= 15 is 0 Å². The molecular weight excluding hydrogens is 289 g/mol. The van der Waals surface area contributed by atoms with Gasteiger partial charge in [-0.2, -0.15) is 13.2 Å². The van der Waals surface area contributed by atoms with E-state index in [4.69, 9.17) is 0 Å². The molecule has 0 unspecified atom stereocenters. The number of unbranched alkanes of at least 4 members (excludes halogenated alkanes) is 1. The van der Waals surface area contributed by atoms with Crippen LogP contribution in [0.15, 0.2) is 36.8 Å². The Hall–Kier alpha value is -1.91. The Bertz CT molecular complexity index is 592. The lowest BCUT2D eigenvalue weighted by Gasteiger charge is -2.10. The molecule has 1 heterocycles. The lowest BCUT2D eigenvalue weighted by Crippen LogP contribution is -2.13. The number of aryl methyl sites for hydroxylation is 3. The topological polar surface area (TPSA) is 25.8 Å². The first-order valence-corrected chi connectivity index (χ1v) is 7.44. The molecule has 1 aromatic heterocycles. The van der Waals surface area contributed by atoms with E-state index in [-0.39, 0.29) is 12.0 Å². The zero-order valence-corrected chi connectivity index (χ0v) is 12.5. The normalized spacial score (nSPS) is 11.6. The van der Waals surface area contributed by atoms with Crippen molar-refractivity contribution in [3.05, 3.63) is 59.2 Å². The third kappa shape index (κ3) is 4.55. The van der Waals surface area contributed by atoms with Crippen LogP contribution in [-0.2, 0) is 25.4 Å². The van der Waals surface area contributed by atoms with Gasteiger partial charge >= 0.3 is 6.18 Å². The number of hydrogen-bond acceptors (Lipinski definition) is 2. The Balaban J connectivity index is 2.01. The second-order valence-electron chi connectivity index (χ2n) is 5.31. The van der Waals surface area contributed by atoms with Crippen molar-refractivity contribution in [3.8, 4) is 0 Å². The molecule has 0 aliphatic heterocycles. The van der Waals surface area contributed by atoms with Crippen LogP contribution in [-0.4, -0.2) is 9.97 Å². The molecule has 0 atom stereocenters. The van der Waals surface area contributed by atoms with Gasteiger partial charge in [0.25, 0.3) is 0 Å². The van der Waals surface area contributed by atoms with E-state index in [0.29, 0.717) is 6.42 Å². The van der Waals surface area contributed by atoms with Crippen molar-refractivity contribution in [2.45, 2.75) is 45.2 Å². The van der Waals surface area contributed by atoms with Crippen molar-refractivity contribution in [1.82, 2.24) is 9.97 Å². The van der Waals surface area contributed by atoms with Crippen LogP contribution in [0.2, 0.25) is 0 Å². The summed E-state index contributed by atoms with van der Waals surface area (Å²) in [6.07, 6.45) is 1.93. The van der Waals surface area contributed by atoms with E-state index in [0.717, 1.165) is 31.2 Å². The molecule has 0 saturated carbocycles. The summed E-state index contributed by atoms with van der Waals surface area (Å²) in [6, 6.07) is 8.08. The molecule has 0 amide bonds. The number of hydrogen-bond donors (Lipinski definition) is 0. The van der Waals surface area contributed by atoms with E-state index in [1.165, 1.54) is 11.8 Å². The number of nitrogens with zero attached hydrogens (tertiary/aromatic N) is 2. The summed E-state index contributed by atoms with van der Waals surface area (Å²) >= 11 is 0. The maximum absolute atomic E-state index is 12.9. The van der Waals surface area contributed by atoms with Crippen LogP contribution in [0.4, 0.5) is 13.2 Å². The monoisotopic (exact) mass is 308 g/mol. The maximum Gasteiger partial charge on any atom is 0.433 e. The fourth-order valence-electron chi connectivity index (χ4n) is 2.33. The summed E-state index contributed by atoms with van der Waals surface area (Å²) < 4.78 is 38.6. The predicted molar refractivity (Wildman–Crippen MR) is 79.5 cm³/mol. The average Bonchev–Trinajstić information content (AvgIpc) is 2.51. The van der Waals surface area contributed by atoms with Gasteiger partial charge in [0, 0.05) is 11.8 Å². The SMILES string of the molecule is CCCCc1ccc(CCc2cncnc2C(F)(F)F)cc1. The molecule has 118 valence electrons. The summed E-state index contributed by atoms with van der Waals surface area (Å²) in [5.74, 6) is 0. The highest BCUT2D eigenvalue weighted by Gasteiger charge is 2.35. The largest absolute Gasteiger partial charge is 0.433 e. The first kappa shape index (κ1) is 16.5. The molecule has 0 saturated heterocycles. The van der Waals surface area contributed by atoms with Crippen LogP contribution >= 0.6 is 0 Å². The maximum atomic E-state index is 12.9. The fourth-order valence-corrected chi connectivity index (χ4v) is 2.33. The lowest BCUT2D eigenvalue weighted by atomic mass is 10.0. The Labute approximate surface area is 128 Å². The smallest absolute Gasteiger partial charge is 0.245 e. The Morgan fingerprint density at radius 2 is 1.59 bits per heavy atom. The summed E-state index contributed by atoms with van der Waals surface area (Å²) in [4.78, 5) is 7.08. The van der Waals surface area contributed by atoms with Gasteiger partial charge in [-0.25, -0.2) is 9.97 Å². The van der Waals surface area contributed by atoms with E-state index in [1.807, 2.05) is 12.1 Å². The van der Waals surface area contributed by atoms with E-state index in [1.54, 1.807) is 0 Å². The van der Waals surface area contributed by atoms with Crippen LogP contribution in [0.1, 0.15) is 42.1 Å². The van der Waals surface area contributed by atoms with Gasteiger partial charge in [0.05, 0.1) is 0 Å². The molecule has 2 aromatic rings. The molecule has 0 spiro atoms. The Morgan fingerprint density at radius 3 is 2.18 bits per heavy atom. The highest BCUT2D eigenvalue weighted by molar-refractivity contribution is 5.25. The summed E-state index contributed by atoms with van der Waals surface area (Å²) in [7, 11) is 0. The minimum absolute atomic E-state index is 0.144. The molecule has 0 fully saturated rings. The first-order valence-electron chi connectivity index (χ1n) is 7.44.